The van der Waals surface area contributed by atoms with Gasteiger partial charge in [-0.2, -0.15) is 0 Å². The van der Waals surface area contributed by atoms with E-state index in [2.05, 4.69) is 10.6 Å². The van der Waals surface area contributed by atoms with Gasteiger partial charge in [0.15, 0.2) is 18.1 Å². The maximum Gasteiger partial charge on any atom is 0.258 e. The van der Waals surface area contributed by atoms with Crippen molar-refractivity contribution in [3.63, 3.8) is 0 Å². The molecular weight excluding hydrogens is 327 g/mol. The van der Waals surface area contributed by atoms with Crippen LogP contribution < -0.4 is 20.1 Å². The third-order valence-electron chi connectivity index (χ3n) is 3.28. The second kappa shape index (κ2) is 9.27. The van der Waals surface area contributed by atoms with Gasteiger partial charge in [0.2, 0.25) is 5.91 Å². The first-order valence-corrected chi connectivity index (χ1v) is 7.62. The number of carbonyl (C=O) groups is 2. The summed E-state index contributed by atoms with van der Waals surface area (Å²) in [6.07, 6.45) is 0. The van der Waals surface area contributed by atoms with E-state index in [-0.39, 0.29) is 31.4 Å². The number of methoxy groups -OCH3 is 1. The van der Waals surface area contributed by atoms with Crippen molar-refractivity contribution in [3.8, 4) is 11.5 Å². The largest absolute Gasteiger partial charge is 0.493 e. The van der Waals surface area contributed by atoms with Gasteiger partial charge in [-0.25, -0.2) is 4.39 Å². The predicted octanol–water partition coefficient (Wildman–Crippen LogP) is 1.65. The van der Waals surface area contributed by atoms with Crippen molar-refractivity contribution in [2.45, 2.75) is 6.54 Å². The highest BCUT2D eigenvalue weighted by atomic mass is 19.1. The molecule has 0 fully saturated rings. The number of benzene rings is 2. The molecule has 0 radical (unpaired) electrons. The summed E-state index contributed by atoms with van der Waals surface area (Å²) in [5.74, 6) is -0.150. The minimum absolute atomic E-state index is 0.171. The van der Waals surface area contributed by atoms with Gasteiger partial charge in [0.05, 0.1) is 13.7 Å². The van der Waals surface area contributed by atoms with E-state index in [0.29, 0.717) is 11.5 Å². The number of nitrogens with one attached hydrogen (secondary N) is 2. The molecule has 2 N–H and O–H groups in total. The van der Waals surface area contributed by atoms with E-state index in [4.69, 9.17) is 9.47 Å². The summed E-state index contributed by atoms with van der Waals surface area (Å²) in [6, 6.07) is 12.7. The molecule has 0 aliphatic heterocycles. The molecule has 7 heteroatoms. The van der Waals surface area contributed by atoms with E-state index >= 15 is 0 Å². The molecule has 2 amide bonds. The van der Waals surface area contributed by atoms with Crippen molar-refractivity contribution in [2.75, 3.05) is 20.3 Å². The van der Waals surface area contributed by atoms with Crippen LogP contribution in [-0.4, -0.2) is 32.1 Å². The maximum atomic E-state index is 12.8. The Labute approximate surface area is 144 Å². The average Bonchev–Trinajstić information content (AvgIpc) is 2.64. The van der Waals surface area contributed by atoms with Crippen LogP contribution in [0.15, 0.2) is 48.5 Å². The molecule has 0 aromatic heterocycles. The van der Waals surface area contributed by atoms with E-state index in [0.717, 1.165) is 5.56 Å². The Morgan fingerprint density at radius 3 is 2.32 bits per heavy atom. The highest BCUT2D eigenvalue weighted by Gasteiger charge is 2.08. The number of hydrogen-bond donors (Lipinski definition) is 2. The molecular formula is C18H19FN2O4. The number of carbonyl (C=O) groups excluding carboxylic acids is 2. The molecule has 132 valence electrons. The van der Waals surface area contributed by atoms with Crippen molar-refractivity contribution in [1.29, 1.82) is 0 Å². The lowest BCUT2D eigenvalue weighted by Crippen LogP contribution is -2.38. The zero-order chi connectivity index (χ0) is 18.1. The first-order chi connectivity index (χ1) is 12.1. The standard InChI is InChI=1S/C18H19FN2O4/c1-24-15-4-2-3-5-16(15)25-12-18(23)21-11-17(22)20-10-13-6-8-14(19)9-7-13/h2-9H,10-12H2,1H3,(H,20,22)(H,21,23). The van der Waals surface area contributed by atoms with Crippen molar-refractivity contribution >= 4 is 11.8 Å². The molecule has 0 spiro atoms. The second-order valence-corrected chi connectivity index (χ2v) is 5.12. The minimum Gasteiger partial charge on any atom is -0.493 e. The molecule has 0 unspecified atom stereocenters. The average molecular weight is 346 g/mol. The minimum atomic E-state index is -0.428. The smallest absolute Gasteiger partial charge is 0.258 e. The molecule has 2 aromatic carbocycles. The van der Waals surface area contributed by atoms with E-state index in [1.54, 1.807) is 36.4 Å². The lowest BCUT2D eigenvalue weighted by Gasteiger charge is -2.10. The number of rotatable bonds is 8. The van der Waals surface area contributed by atoms with Gasteiger partial charge in [-0.1, -0.05) is 24.3 Å². The van der Waals surface area contributed by atoms with Gasteiger partial charge >= 0.3 is 0 Å². The summed E-state index contributed by atoms with van der Waals surface area (Å²) in [4.78, 5) is 23.4. The quantitative estimate of drug-likeness (QED) is 0.762. The van der Waals surface area contributed by atoms with Gasteiger partial charge in [-0.15, -0.1) is 0 Å². The van der Waals surface area contributed by atoms with Crippen LogP contribution in [0.25, 0.3) is 0 Å². The van der Waals surface area contributed by atoms with E-state index in [9.17, 15) is 14.0 Å². The van der Waals surface area contributed by atoms with Gasteiger partial charge in [-0.3, -0.25) is 9.59 Å². The zero-order valence-electron chi connectivity index (χ0n) is 13.8. The van der Waals surface area contributed by atoms with Crippen LogP contribution in [0.2, 0.25) is 0 Å². The number of para-hydroxylation sites is 2. The monoisotopic (exact) mass is 346 g/mol. The number of ether oxygens (including phenoxy) is 2. The first-order valence-electron chi connectivity index (χ1n) is 7.62. The molecule has 0 aliphatic carbocycles. The molecule has 0 saturated carbocycles. The summed E-state index contributed by atoms with van der Waals surface area (Å²) < 4.78 is 23.3. The summed E-state index contributed by atoms with van der Waals surface area (Å²) in [6.45, 7) is -0.145. The Bertz CT molecular complexity index is 719. The van der Waals surface area contributed by atoms with Crippen LogP contribution in [0.4, 0.5) is 4.39 Å². The number of amides is 2. The van der Waals surface area contributed by atoms with Gasteiger partial charge in [0.1, 0.15) is 5.82 Å². The van der Waals surface area contributed by atoms with Gasteiger partial charge < -0.3 is 20.1 Å². The Hall–Kier alpha value is -3.09. The highest BCUT2D eigenvalue weighted by Crippen LogP contribution is 2.25. The van der Waals surface area contributed by atoms with Crippen LogP contribution >= 0.6 is 0 Å². The lowest BCUT2D eigenvalue weighted by molar-refractivity contribution is -0.127. The van der Waals surface area contributed by atoms with E-state index in [1.165, 1.54) is 19.2 Å². The second-order valence-electron chi connectivity index (χ2n) is 5.12. The third kappa shape index (κ3) is 6.14. The topological polar surface area (TPSA) is 76.7 Å². The molecule has 0 heterocycles. The molecule has 6 nitrogen and oxygen atoms in total. The maximum absolute atomic E-state index is 12.8. The Morgan fingerprint density at radius 2 is 1.64 bits per heavy atom. The fraction of sp³-hybridized carbons (Fsp3) is 0.222. The van der Waals surface area contributed by atoms with Gasteiger partial charge in [0.25, 0.3) is 5.91 Å². The summed E-state index contributed by atoms with van der Waals surface area (Å²) in [5, 5.41) is 5.09. The molecule has 0 saturated heterocycles. The molecule has 25 heavy (non-hydrogen) atoms. The number of hydrogen-bond acceptors (Lipinski definition) is 4. The van der Waals surface area contributed by atoms with Gasteiger partial charge in [-0.05, 0) is 29.8 Å². The highest BCUT2D eigenvalue weighted by molar-refractivity contribution is 5.85. The van der Waals surface area contributed by atoms with Crippen LogP contribution in [0.5, 0.6) is 11.5 Å². The molecule has 0 aliphatic rings. The summed E-state index contributed by atoms with van der Waals surface area (Å²) in [5.41, 5.74) is 0.764. The molecule has 0 atom stereocenters. The fourth-order valence-corrected chi connectivity index (χ4v) is 1.98. The molecule has 0 bridgehead atoms. The molecule has 2 aromatic rings. The SMILES string of the molecule is COc1ccccc1OCC(=O)NCC(=O)NCc1ccc(F)cc1. The molecule has 2 rings (SSSR count). The number of halogens is 1. The predicted molar refractivity (Wildman–Crippen MR) is 89.7 cm³/mol. The van der Waals surface area contributed by atoms with Crippen molar-refractivity contribution in [2.24, 2.45) is 0 Å². The van der Waals surface area contributed by atoms with E-state index in [1.807, 2.05) is 0 Å². The third-order valence-corrected chi connectivity index (χ3v) is 3.28. The lowest BCUT2D eigenvalue weighted by atomic mass is 10.2. The van der Waals surface area contributed by atoms with Crippen molar-refractivity contribution in [3.05, 3.63) is 59.9 Å². The van der Waals surface area contributed by atoms with Gasteiger partial charge in [0, 0.05) is 6.54 Å². The summed E-state index contributed by atoms with van der Waals surface area (Å²) in [7, 11) is 1.51. The first kappa shape index (κ1) is 18.3. The van der Waals surface area contributed by atoms with Crippen molar-refractivity contribution < 1.29 is 23.5 Å². The van der Waals surface area contributed by atoms with E-state index < -0.39 is 5.91 Å². The summed E-state index contributed by atoms with van der Waals surface area (Å²) >= 11 is 0. The normalized spacial score (nSPS) is 10.0. The van der Waals surface area contributed by atoms with Crippen molar-refractivity contribution in [1.82, 2.24) is 10.6 Å². The fourth-order valence-electron chi connectivity index (χ4n) is 1.98. The van der Waals surface area contributed by atoms with Crippen LogP contribution in [-0.2, 0) is 16.1 Å². The van der Waals surface area contributed by atoms with Crippen LogP contribution in [0.1, 0.15) is 5.56 Å². The Kier molecular flexibility index (Phi) is 6.76. The zero-order valence-corrected chi connectivity index (χ0v) is 13.8. The van der Waals surface area contributed by atoms with Crippen LogP contribution in [0, 0.1) is 5.82 Å². The Balaban J connectivity index is 1.68. The van der Waals surface area contributed by atoms with Crippen LogP contribution in [0.3, 0.4) is 0 Å². The Morgan fingerprint density at radius 1 is 0.960 bits per heavy atom.